The highest BCUT2D eigenvalue weighted by Gasteiger charge is 2.37. The lowest BCUT2D eigenvalue weighted by atomic mass is 10.0. The zero-order valence-corrected chi connectivity index (χ0v) is 17.6. The van der Waals surface area contributed by atoms with E-state index in [1.165, 1.54) is 9.80 Å². The Balaban J connectivity index is 1.35. The van der Waals surface area contributed by atoms with Crippen molar-refractivity contribution in [3.05, 3.63) is 54.6 Å². The first kappa shape index (κ1) is 21.3. The fourth-order valence-corrected chi connectivity index (χ4v) is 4.28. The molecule has 2 atom stereocenters. The van der Waals surface area contributed by atoms with Gasteiger partial charge in [-0.3, -0.25) is 9.59 Å². The minimum Gasteiger partial charge on any atom is -0.380 e. The smallest absolute Gasteiger partial charge is 0.254 e. The van der Waals surface area contributed by atoms with Crippen molar-refractivity contribution in [2.24, 2.45) is 0 Å². The van der Waals surface area contributed by atoms with Gasteiger partial charge in [0.1, 0.15) is 0 Å². The molecule has 0 aromatic heterocycles. The third-order valence-corrected chi connectivity index (χ3v) is 6.13. The van der Waals surface area contributed by atoms with Crippen molar-refractivity contribution in [1.82, 2.24) is 9.80 Å². The molecular formula is C24H29N3O4. The van der Waals surface area contributed by atoms with Crippen LogP contribution in [0.3, 0.4) is 0 Å². The van der Waals surface area contributed by atoms with Crippen LogP contribution in [0.1, 0.15) is 12.8 Å². The average Bonchev–Trinajstić information content (AvgIpc) is 3.38. The maximum Gasteiger partial charge on any atom is 0.254 e. The summed E-state index contributed by atoms with van der Waals surface area (Å²) in [6.07, 6.45) is -1.65. The van der Waals surface area contributed by atoms with Gasteiger partial charge in [0.05, 0.1) is 0 Å². The van der Waals surface area contributed by atoms with Crippen LogP contribution in [0, 0.1) is 0 Å². The SMILES string of the molecule is O=C([C@H](O)[C@@H](O)C(=O)N1CCN(c2cccc(-c3ccccc3)c2)CC1)N1CCCC1. The molecule has 0 spiro atoms. The third kappa shape index (κ3) is 4.73. The van der Waals surface area contributed by atoms with Crippen LogP contribution in [-0.2, 0) is 9.59 Å². The number of aliphatic hydroxyl groups excluding tert-OH is 2. The summed E-state index contributed by atoms with van der Waals surface area (Å²) in [7, 11) is 0. The van der Waals surface area contributed by atoms with E-state index in [0.29, 0.717) is 39.3 Å². The number of likely N-dealkylation sites (tertiary alicyclic amines) is 1. The number of carbonyl (C=O) groups is 2. The second-order valence-electron chi connectivity index (χ2n) is 8.15. The van der Waals surface area contributed by atoms with Crippen molar-refractivity contribution in [2.75, 3.05) is 44.2 Å². The van der Waals surface area contributed by atoms with Crippen molar-refractivity contribution in [3.8, 4) is 11.1 Å². The van der Waals surface area contributed by atoms with E-state index in [0.717, 1.165) is 29.7 Å². The number of hydrogen-bond donors (Lipinski definition) is 2. The Morgan fingerprint density at radius 3 is 1.84 bits per heavy atom. The van der Waals surface area contributed by atoms with Crippen molar-refractivity contribution in [3.63, 3.8) is 0 Å². The molecule has 31 heavy (non-hydrogen) atoms. The minimum absolute atomic E-state index is 0.427. The van der Waals surface area contributed by atoms with Gasteiger partial charge in [-0.25, -0.2) is 0 Å². The molecule has 2 fully saturated rings. The second kappa shape index (κ2) is 9.49. The van der Waals surface area contributed by atoms with Crippen LogP contribution in [0.5, 0.6) is 0 Å². The number of benzene rings is 2. The Morgan fingerprint density at radius 2 is 1.23 bits per heavy atom. The minimum atomic E-state index is -1.72. The molecule has 2 aliphatic heterocycles. The van der Waals surface area contributed by atoms with E-state index in [2.05, 4.69) is 35.2 Å². The monoisotopic (exact) mass is 423 g/mol. The molecule has 7 nitrogen and oxygen atoms in total. The van der Waals surface area contributed by atoms with Gasteiger partial charge in [0, 0.05) is 45.0 Å². The zero-order chi connectivity index (χ0) is 21.8. The van der Waals surface area contributed by atoms with Crippen LogP contribution in [0.15, 0.2) is 54.6 Å². The predicted molar refractivity (Wildman–Crippen MR) is 118 cm³/mol. The van der Waals surface area contributed by atoms with Crippen LogP contribution in [0.2, 0.25) is 0 Å². The van der Waals surface area contributed by atoms with Crippen LogP contribution in [0.25, 0.3) is 11.1 Å². The zero-order valence-electron chi connectivity index (χ0n) is 17.6. The van der Waals surface area contributed by atoms with Crippen LogP contribution in [-0.4, -0.2) is 83.3 Å². The average molecular weight is 424 g/mol. The molecule has 7 heteroatoms. The van der Waals surface area contributed by atoms with Gasteiger partial charge < -0.3 is 24.9 Å². The summed E-state index contributed by atoms with van der Waals surface area (Å²) in [4.78, 5) is 30.2. The normalized spacial score (nSPS) is 18.7. The number of hydrogen-bond acceptors (Lipinski definition) is 5. The lowest BCUT2D eigenvalue weighted by molar-refractivity contribution is -0.157. The Bertz CT molecular complexity index is 906. The molecular weight excluding hydrogens is 394 g/mol. The molecule has 0 unspecified atom stereocenters. The van der Waals surface area contributed by atoms with Gasteiger partial charge in [-0.2, -0.15) is 0 Å². The Labute approximate surface area is 182 Å². The van der Waals surface area contributed by atoms with E-state index >= 15 is 0 Å². The number of rotatable bonds is 5. The molecule has 0 saturated carbocycles. The number of nitrogens with zero attached hydrogens (tertiary/aromatic N) is 3. The van der Waals surface area contributed by atoms with Crippen molar-refractivity contribution < 1.29 is 19.8 Å². The molecule has 2 aromatic rings. The first-order valence-corrected chi connectivity index (χ1v) is 10.9. The molecule has 164 valence electrons. The van der Waals surface area contributed by atoms with Gasteiger partial charge in [-0.05, 0) is 36.1 Å². The summed E-state index contributed by atoms with van der Waals surface area (Å²) in [5, 5.41) is 20.5. The molecule has 0 bridgehead atoms. The summed E-state index contributed by atoms with van der Waals surface area (Å²) in [6, 6.07) is 18.5. The summed E-state index contributed by atoms with van der Waals surface area (Å²) >= 11 is 0. The van der Waals surface area contributed by atoms with Crippen molar-refractivity contribution in [2.45, 2.75) is 25.0 Å². The van der Waals surface area contributed by atoms with Crippen LogP contribution >= 0.6 is 0 Å². The molecule has 2 saturated heterocycles. The fraction of sp³-hybridized carbons (Fsp3) is 0.417. The molecule has 4 rings (SSSR count). The highest BCUT2D eigenvalue weighted by Crippen LogP contribution is 2.25. The number of amides is 2. The van der Waals surface area contributed by atoms with E-state index < -0.39 is 24.0 Å². The van der Waals surface area contributed by atoms with E-state index in [-0.39, 0.29) is 0 Å². The molecule has 2 aromatic carbocycles. The van der Waals surface area contributed by atoms with E-state index in [1.54, 1.807) is 0 Å². The van der Waals surface area contributed by atoms with Gasteiger partial charge in [0.25, 0.3) is 11.8 Å². The van der Waals surface area contributed by atoms with E-state index in [1.807, 2.05) is 24.3 Å². The molecule has 2 aliphatic rings. The highest BCUT2D eigenvalue weighted by molar-refractivity contribution is 5.91. The van der Waals surface area contributed by atoms with Gasteiger partial charge in [0.2, 0.25) is 0 Å². The molecule has 0 radical (unpaired) electrons. The summed E-state index contributed by atoms with van der Waals surface area (Å²) in [5.74, 6) is -1.15. The lowest BCUT2D eigenvalue weighted by Crippen LogP contribution is -2.56. The highest BCUT2D eigenvalue weighted by atomic mass is 16.3. The number of aliphatic hydroxyl groups is 2. The van der Waals surface area contributed by atoms with E-state index in [9.17, 15) is 19.8 Å². The summed E-state index contributed by atoms with van der Waals surface area (Å²) < 4.78 is 0. The van der Waals surface area contributed by atoms with Crippen LogP contribution < -0.4 is 4.90 Å². The largest absolute Gasteiger partial charge is 0.380 e. The molecule has 0 aliphatic carbocycles. The molecule has 2 amide bonds. The third-order valence-electron chi connectivity index (χ3n) is 6.13. The van der Waals surface area contributed by atoms with Gasteiger partial charge in [0.15, 0.2) is 12.2 Å². The summed E-state index contributed by atoms with van der Waals surface area (Å²) in [5.41, 5.74) is 3.37. The maximum atomic E-state index is 12.7. The predicted octanol–water partition coefficient (Wildman–Crippen LogP) is 1.35. The summed E-state index contributed by atoms with van der Waals surface area (Å²) in [6.45, 7) is 3.22. The number of carbonyl (C=O) groups excluding carboxylic acids is 2. The van der Waals surface area contributed by atoms with Gasteiger partial charge >= 0.3 is 0 Å². The second-order valence-corrected chi connectivity index (χ2v) is 8.15. The maximum absolute atomic E-state index is 12.7. The topological polar surface area (TPSA) is 84.3 Å². The lowest BCUT2D eigenvalue weighted by Gasteiger charge is -2.37. The van der Waals surface area contributed by atoms with Crippen LogP contribution in [0.4, 0.5) is 5.69 Å². The Kier molecular flexibility index (Phi) is 6.53. The first-order valence-electron chi connectivity index (χ1n) is 10.9. The Morgan fingerprint density at radius 1 is 0.677 bits per heavy atom. The standard InChI is InChI=1S/C24H29N3O4/c28-21(23(30)26-11-4-5-12-26)22(29)24(31)27-15-13-25(14-16-27)20-10-6-9-19(17-20)18-7-2-1-3-8-18/h1-3,6-10,17,21-22,28-29H,4-5,11-16H2/t21-,22-/m1/s1. The number of anilines is 1. The molecule has 2 heterocycles. The number of piperazine rings is 1. The van der Waals surface area contributed by atoms with E-state index in [4.69, 9.17) is 0 Å². The molecule has 2 N–H and O–H groups in total. The Hall–Kier alpha value is -2.90. The van der Waals surface area contributed by atoms with Gasteiger partial charge in [-0.1, -0.05) is 42.5 Å². The first-order chi connectivity index (χ1) is 15.0. The fourth-order valence-electron chi connectivity index (χ4n) is 4.28. The van der Waals surface area contributed by atoms with Crippen molar-refractivity contribution >= 4 is 17.5 Å². The van der Waals surface area contributed by atoms with Gasteiger partial charge in [-0.15, -0.1) is 0 Å². The van der Waals surface area contributed by atoms with Crippen molar-refractivity contribution in [1.29, 1.82) is 0 Å². The quantitative estimate of drug-likeness (QED) is 0.759.